The number of halogens is 3. The highest BCUT2D eigenvalue weighted by atomic mass is 79.9. The number of rotatable bonds is 3. The van der Waals surface area contributed by atoms with Gasteiger partial charge in [0.25, 0.3) is 10.0 Å². The first-order chi connectivity index (χ1) is 9.29. The molecule has 106 valence electrons. The Morgan fingerprint density at radius 3 is 2.75 bits per heavy atom. The molecule has 1 aromatic carbocycles. The number of nitrogens with one attached hydrogen (secondary N) is 1. The van der Waals surface area contributed by atoms with Gasteiger partial charge in [0.15, 0.2) is 0 Å². The first kappa shape index (κ1) is 15.0. The molecular weight excluding hydrogens is 373 g/mol. The van der Waals surface area contributed by atoms with Crippen LogP contribution in [0.5, 0.6) is 0 Å². The number of hydrogen-bond acceptors (Lipinski definition) is 4. The fourth-order valence-electron chi connectivity index (χ4n) is 1.42. The molecule has 2 rings (SSSR count). The number of benzene rings is 1. The zero-order chi connectivity index (χ0) is 14.9. The molecule has 3 N–H and O–H groups in total. The van der Waals surface area contributed by atoms with E-state index in [9.17, 15) is 12.8 Å². The fourth-order valence-corrected chi connectivity index (χ4v) is 3.24. The Kier molecular flexibility index (Phi) is 4.17. The molecule has 0 radical (unpaired) electrons. The molecule has 0 aliphatic rings. The maximum Gasteiger partial charge on any atom is 0.265 e. The van der Waals surface area contributed by atoms with E-state index in [1.165, 1.54) is 18.3 Å². The third kappa shape index (κ3) is 3.20. The Labute approximate surface area is 128 Å². The number of sulfonamides is 1. The predicted molar refractivity (Wildman–Crippen MR) is 78.6 cm³/mol. The summed E-state index contributed by atoms with van der Waals surface area (Å²) in [4.78, 5) is 3.46. The van der Waals surface area contributed by atoms with Crippen molar-refractivity contribution in [1.82, 2.24) is 4.98 Å². The van der Waals surface area contributed by atoms with Crippen molar-refractivity contribution >= 4 is 49.1 Å². The second-order valence-electron chi connectivity index (χ2n) is 3.77. The van der Waals surface area contributed by atoms with Crippen molar-refractivity contribution in [2.45, 2.75) is 4.90 Å². The minimum atomic E-state index is -4.07. The van der Waals surface area contributed by atoms with E-state index in [4.69, 9.17) is 17.3 Å². The smallest absolute Gasteiger partial charge is 0.265 e. The van der Waals surface area contributed by atoms with Gasteiger partial charge >= 0.3 is 0 Å². The van der Waals surface area contributed by atoms with Gasteiger partial charge in [-0.05, 0) is 40.2 Å². The van der Waals surface area contributed by atoms with Crippen LogP contribution in [0.2, 0.25) is 5.02 Å². The molecule has 0 aliphatic heterocycles. The van der Waals surface area contributed by atoms with E-state index in [1.54, 1.807) is 0 Å². The van der Waals surface area contributed by atoms with Crippen LogP contribution < -0.4 is 10.5 Å². The molecule has 0 spiro atoms. The minimum absolute atomic E-state index is 0.192. The first-order valence-electron chi connectivity index (χ1n) is 5.18. The molecule has 9 heteroatoms. The van der Waals surface area contributed by atoms with E-state index in [0.717, 1.165) is 12.1 Å². The average molecular weight is 381 g/mol. The Morgan fingerprint density at radius 2 is 2.05 bits per heavy atom. The van der Waals surface area contributed by atoms with E-state index in [-0.39, 0.29) is 21.4 Å². The summed E-state index contributed by atoms with van der Waals surface area (Å²) in [5.74, 6) is -0.942. The lowest BCUT2D eigenvalue weighted by Crippen LogP contribution is -2.16. The summed E-state index contributed by atoms with van der Waals surface area (Å²) < 4.78 is 40.4. The van der Waals surface area contributed by atoms with Crippen LogP contribution in [0, 0.1) is 5.82 Å². The molecule has 20 heavy (non-hydrogen) atoms. The summed E-state index contributed by atoms with van der Waals surface area (Å²) in [6.07, 6.45) is 1.36. The van der Waals surface area contributed by atoms with Crippen molar-refractivity contribution in [1.29, 1.82) is 0 Å². The topological polar surface area (TPSA) is 85.1 Å². The largest absolute Gasteiger partial charge is 0.383 e. The molecule has 2 aromatic rings. The summed E-state index contributed by atoms with van der Waals surface area (Å²) in [7, 11) is -4.07. The highest BCUT2D eigenvalue weighted by Gasteiger charge is 2.20. The Morgan fingerprint density at radius 1 is 1.35 bits per heavy atom. The molecular formula is C11H8BrClFN3O2S. The summed E-state index contributed by atoms with van der Waals surface area (Å²) in [6.45, 7) is 0. The monoisotopic (exact) mass is 379 g/mol. The maximum atomic E-state index is 13.6. The van der Waals surface area contributed by atoms with Crippen molar-refractivity contribution in [3.05, 3.63) is 45.8 Å². The number of nitrogen functional groups attached to an aromatic ring is 1. The second kappa shape index (κ2) is 5.55. The van der Waals surface area contributed by atoms with Gasteiger partial charge in [-0.3, -0.25) is 4.72 Å². The lowest BCUT2D eigenvalue weighted by molar-refractivity contribution is 0.598. The molecule has 0 amide bonds. The third-order valence-electron chi connectivity index (χ3n) is 2.31. The van der Waals surface area contributed by atoms with Crippen molar-refractivity contribution in [2.24, 2.45) is 0 Å². The van der Waals surface area contributed by atoms with Crippen molar-refractivity contribution in [2.75, 3.05) is 10.5 Å². The highest BCUT2D eigenvalue weighted by molar-refractivity contribution is 9.10. The quantitative estimate of drug-likeness (QED) is 0.857. The first-order valence-corrected chi connectivity index (χ1v) is 7.84. The molecule has 5 nitrogen and oxygen atoms in total. The molecule has 1 aromatic heterocycles. The number of anilines is 2. The van der Waals surface area contributed by atoms with E-state index >= 15 is 0 Å². The molecule has 0 fully saturated rings. The number of aromatic nitrogens is 1. The predicted octanol–water partition coefficient (Wildman–Crippen LogP) is 3.02. The zero-order valence-corrected chi connectivity index (χ0v) is 12.9. The van der Waals surface area contributed by atoms with Gasteiger partial charge in [-0.1, -0.05) is 11.6 Å². The van der Waals surface area contributed by atoms with Gasteiger partial charge in [0.05, 0.1) is 5.69 Å². The van der Waals surface area contributed by atoms with Crippen LogP contribution in [-0.2, 0) is 10.0 Å². The maximum absolute atomic E-state index is 13.6. The lowest BCUT2D eigenvalue weighted by atomic mass is 10.3. The van der Waals surface area contributed by atoms with Gasteiger partial charge in [-0.2, -0.15) is 0 Å². The van der Waals surface area contributed by atoms with Crippen LogP contribution in [0.1, 0.15) is 0 Å². The number of pyridine rings is 1. The molecule has 0 bridgehead atoms. The molecule has 0 saturated carbocycles. The molecule has 0 unspecified atom stereocenters. The van der Waals surface area contributed by atoms with E-state index in [2.05, 4.69) is 25.6 Å². The SMILES string of the molecule is Nc1ncc(Br)cc1S(=O)(=O)Nc1cc(Cl)ccc1F. The number of hydrogen-bond donors (Lipinski definition) is 2. The van der Waals surface area contributed by atoms with Crippen LogP contribution >= 0.6 is 27.5 Å². The van der Waals surface area contributed by atoms with Gasteiger partial charge in [0, 0.05) is 15.7 Å². The van der Waals surface area contributed by atoms with E-state index in [0.29, 0.717) is 4.47 Å². The van der Waals surface area contributed by atoms with Gasteiger partial charge in [-0.25, -0.2) is 17.8 Å². The molecule has 0 atom stereocenters. The molecule has 1 heterocycles. The van der Waals surface area contributed by atoms with E-state index < -0.39 is 15.8 Å². The number of nitrogens with two attached hydrogens (primary N) is 1. The van der Waals surface area contributed by atoms with Crippen molar-refractivity contribution < 1.29 is 12.8 Å². The van der Waals surface area contributed by atoms with Gasteiger partial charge in [-0.15, -0.1) is 0 Å². The van der Waals surface area contributed by atoms with Gasteiger partial charge < -0.3 is 5.73 Å². The third-order valence-corrected chi connectivity index (χ3v) is 4.37. The molecule has 0 aliphatic carbocycles. The Bertz CT molecular complexity index is 770. The second-order valence-corrected chi connectivity index (χ2v) is 6.77. The lowest BCUT2D eigenvalue weighted by Gasteiger charge is -2.10. The Balaban J connectivity index is 2.46. The van der Waals surface area contributed by atoms with Crippen LogP contribution in [0.4, 0.5) is 15.9 Å². The summed E-state index contributed by atoms with van der Waals surface area (Å²) in [5.41, 5.74) is 5.26. The summed E-state index contributed by atoms with van der Waals surface area (Å²) in [6, 6.07) is 4.80. The normalized spacial score (nSPS) is 11.3. The van der Waals surface area contributed by atoms with Crippen LogP contribution in [-0.4, -0.2) is 13.4 Å². The van der Waals surface area contributed by atoms with Gasteiger partial charge in [0.2, 0.25) is 0 Å². The van der Waals surface area contributed by atoms with Gasteiger partial charge in [0.1, 0.15) is 16.5 Å². The Hall–Kier alpha value is -1.38. The zero-order valence-electron chi connectivity index (χ0n) is 9.77. The summed E-state index contributed by atoms with van der Waals surface area (Å²) in [5, 5.41) is 0.199. The van der Waals surface area contributed by atoms with Crippen LogP contribution in [0.3, 0.4) is 0 Å². The van der Waals surface area contributed by atoms with Crippen LogP contribution in [0.25, 0.3) is 0 Å². The number of nitrogens with zero attached hydrogens (tertiary/aromatic N) is 1. The summed E-state index contributed by atoms with van der Waals surface area (Å²) >= 11 is 8.80. The van der Waals surface area contributed by atoms with Crippen LogP contribution in [0.15, 0.2) is 39.8 Å². The fraction of sp³-hybridized carbons (Fsp3) is 0. The van der Waals surface area contributed by atoms with Crippen molar-refractivity contribution in [3.8, 4) is 0 Å². The van der Waals surface area contributed by atoms with E-state index in [1.807, 2.05) is 0 Å². The minimum Gasteiger partial charge on any atom is -0.383 e. The molecule has 0 saturated heterocycles. The highest BCUT2D eigenvalue weighted by Crippen LogP contribution is 2.26. The van der Waals surface area contributed by atoms with Crippen molar-refractivity contribution in [3.63, 3.8) is 0 Å². The standard InChI is InChI=1S/C11H8BrClFN3O2S/c12-6-3-10(11(15)16-5-6)20(18,19)17-9-4-7(13)1-2-8(9)14/h1-5,17H,(H2,15,16). The average Bonchev–Trinajstić information content (AvgIpc) is 2.36.